The molecule has 1 aliphatic carbocycles. The number of aromatic nitrogens is 3. The number of carboxylic acid groups (broad SMARTS) is 1. The summed E-state index contributed by atoms with van der Waals surface area (Å²) in [7, 11) is 1.63. The monoisotopic (exact) mass is 337 g/mol. The van der Waals surface area contributed by atoms with E-state index < -0.39 is 5.97 Å². The lowest BCUT2D eigenvalue weighted by atomic mass is 9.97. The Balaban J connectivity index is 1.82. The summed E-state index contributed by atoms with van der Waals surface area (Å²) in [6.45, 7) is 2.22. The lowest BCUT2D eigenvalue weighted by Crippen LogP contribution is -2.07. The Bertz CT molecular complexity index is 973. The second kappa shape index (κ2) is 5.58. The third kappa shape index (κ3) is 2.73. The van der Waals surface area contributed by atoms with Crippen LogP contribution in [0.3, 0.4) is 0 Å². The topological polar surface area (TPSA) is 76.7 Å². The molecule has 0 unspecified atom stereocenters. The molecular weight excluding hydrogens is 318 g/mol. The normalized spacial score (nSPS) is 15.3. The van der Waals surface area contributed by atoms with Crippen molar-refractivity contribution in [1.29, 1.82) is 0 Å². The molecule has 3 heterocycles. The van der Waals surface area contributed by atoms with E-state index in [1.807, 2.05) is 28.9 Å². The molecule has 4 rings (SSSR count). The van der Waals surface area contributed by atoms with E-state index in [0.29, 0.717) is 6.42 Å². The summed E-state index contributed by atoms with van der Waals surface area (Å²) in [6.07, 6.45) is 4.66. The minimum atomic E-state index is -1.01. The van der Waals surface area contributed by atoms with Crippen LogP contribution in [0.25, 0.3) is 5.52 Å². The molecule has 0 aromatic carbocycles. The molecule has 1 N–H and O–H groups in total. The van der Waals surface area contributed by atoms with Crippen LogP contribution in [-0.2, 0) is 11.8 Å². The zero-order valence-corrected chi connectivity index (χ0v) is 14.2. The molecule has 0 atom stereocenters. The van der Waals surface area contributed by atoms with E-state index >= 15 is 0 Å². The molecule has 1 fully saturated rings. The van der Waals surface area contributed by atoms with Crippen molar-refractivity contribution in [3.8, 4) is 5.75 Å². The summed E-state index contributed by atoms with van der Waals surface area (Å²) in [6, 6.07) is 9.02. The van der Waals surface area contributed by atoms with Crippen molar-refractivity contribution >= 4 is 11.5 Å². The number of hydrogen-bond donors (Lipinski definition) is 1. The van der Waals surface area contributed by atoms with E-state index in [9.17, 15) is 4.79 Å². The Hall–Kier alpha value is -2.89. The van der Waals surface area contributed by atoms with Gasteiger partial charge in [0.05, 0.1) is 24.5 Å². The summed E-state index contributed by atoms with van der Waals surface area (Å²) in [5.74, 6) is -0.263. The second-order valence-corrected chi connectivity index (χ2v) is 6.78. The van der Waals surface area contributed by atoms with E-state index in [1.165, 1.54) is 6.07 Å². The van der Waals surface area contributed by atoms with Gasteiger partial charge in [-0.2, -0.15) is 5.10 Å². The first-order valence-electron chi connectivity index (χ1n) is 8.25. The largest absolute Gasteiger partial charge is 0.495 e. The van der Waals surface area contributed by atoms with E-state index in [1.54, 1.807) is 13.2 Å². The Morgan fingerprint density at radius 2 is 2.12 bits per heavy atom. The lowest BCUT2D eigenvalue weighted by molar-refractivity contribution is 0.0690. The predicted molar refractivity (Wildman–Crippen MR) is 92.3 cm³/mol. The van der Waals surface area contributed by atoms with Gasteiger partial charge in [0, 0.05) is 23.1 Å². The van der Waals surface area contributed by atoms with Gasteiger partial charge in [-0.3, -0.25) is 0 Å². The standard InChI is InChI=1S/C19H19N3O3/c1-19(8-9-19)17-14(10-12-4-3-5-15(20-12)18(23)24)16-7-6-13(25-2)11-22(16)21-17/h3-7,11H,8-10H2,1-2H3,(H,23,24). The SMILES string of the molecule is COc1ccc2c(Cc3cccc(C(=O)O)n3)c(C3(C)CC3)nn2c1. The van der Waals surface area contributed by atoms with Crippen molar-refractivity contribution in [1.82, 2.24) is 14.6 Å². The maximum atomic E-state index is 11.2. The highest BCUT2D eigenvalue weighted by Gasteiger charge is 2.43. The molecule has 1 aliphatic rings. The van der Waals surface area contributed by atoms with Crippen molar-refractivity contribution < 1.29 is 14.6 Å². The van der Waals surface area contributed by atoms with Gasteiger partial charge in [-0.1, -0.05) is 13.0 Å². The molecular formula is C19H19N3O3. The number of hydrogen-bond acceptors (Lipinski definition) is 4. The number of methoxy groups -OCH3 is 1. The van der Waals surface area contributed by atoms with Gasteiger partial charge in [0.2, 0.25) is 0 Å². The van der Waals surface area contributed by atoms with E-state index in [2.05, 4.69) is 11.9 Å². The number of carbonyl (C=O) groups is 1. The van der Waals surface area contributed by atoms with E-state index in [4.69, 9.17) is 14.9 Å². The average molecular weight is 337 g/mol. The summed E-state index contributed by atoms with van der Waals surface area (Å²) >= 11 is 0. The fourth-order valence-corrected chi connectivity index (χ4v) is 3.16. The van der Waals surface area contributed by atoms with Crippen LogP contribution in [0.5, 0.6) is 5.75 Å². The molecule has 6 heteroatoms. The number of rotatable bonds is 5. The van der Waals surface area contributed by atoms with Crippen LogP contribution in [-0.4, -0.2) is 32.8 Å². The van der Waals surface area contributed by atoms with Gasteiger partial charge in [0.1, 0.15) is 11.4 Å². The van der Waals surface area contributed by atoms with Gasteiger partial charge in [-0.25, -0.2) is 14.3 Å². The summed E-state index contributed by atoms with van der Waals surface area (Å²) in [4.78, 5) is 15.5. The number of aromatic carboxylic acids is 1. The highest BCUT2D eigenvalue weighted by atomic mass is 16.5. The van der Waals surface area contributed by atoms with Gasteiger partial charge in [-0.05, 0) is 37.1 Å². The minimum Gasteiger partial charge on any atom is -0.495 e. The van der Waals surface area contributed by atoms with Crippen LogP contribution >= 0.6 is 0 Å². The fourth-order valence-electron chi connectivity index (χ4n) is 3.16. The fraction of sp³-hybridized carbons (Fsp3) is 0.316. The second-order valence-electron chi connectivity index (χ2n) is 6.78. The summed E-state index contributed by atoms with van der Waals surface area (Å²) in [5.41, 5.74) is 4.08. The maximum Gasteiger partial charge on any atom is 0.354 e. The highest BCUT2D eigenvalue weighted by Crippen LogP contribution is 2.49. The molecule has 3 aromatic heterocycles. The van der Waals surface area contributed by atoms with E-state index in [-0.39, 0.29) is 11.1 Å². The number of pyridine rings is 2. The van der Waals surface area contributed by atoms with Gasteiger partial charge < -0.3 is 9.84 Å². The van der Waals surface area contributed by atoms with Crippen molar-refractivity contribution in [2.24, 2.45) is 0 Å². The van der Waals surface area contributed by atoms with E-state index in [0.717, 1.165) is 41.1 Å². The van der Waals surface area contributed by atoms with Crippen LogP contribution in [0.2, 0.25) is 0 Å². The lowest BCUT2D eigenvalue weighted by Gasteiger charge is -2.08. The minimum absolute atomic E-state index is 0.0647. The van der Waals surface area contributed by atoms with Gasteiger partial charge in [0.15, 0.2) is 0 Å². The van der Waals surface area contributed by atoms with Crippen molar-refractivity contribution in [2.45, 2.75) is 31.6 Å². The van der Waals surface area contributed by atoms with Gasteiger partial charge in [-0.15, -0.1) is 0 Å². The average Bonchev–Trinajstić information content (AvgIpc) is 3.26. The van der Waals surface area contributed by atoms with Crippen LogP contribution in [0.15, 0.2) is 36.5 Å². The van der Waals surface area contributed by atoms with Crippen molar-refractivity contribution in [3.63, 3.8) is 0 Å². The van der Waals surface area contributed by atoms with Crippen LogP contribution in [0.1, 0.15) is 47.2 Å². The molecule has 1 saturated carbocycles. The number of nitrogens with zero attached hydrogens (tertiary/aromatic N) is 3. The molecule has 0 saturated heterocycles. The predicted octanol–water partition coefficient (Wildman–Crippen LogP) is 3.08. The van der Waals surface area contributed by atoms with Crippen molar-refractivity contribution in [3.05, 3.63) is 59.2 Å². The Labute approximate surface area is 145 Å². The summed E-state index contributed by atoms with van der Waals surface area (Å²) in [5, 5.41) is 14.0. The molecule has 0 bridgehead atoms. The number of ether oxygens (including phenoxy) is 1. The first-order chi connectivity index (χ1) is 12.0. The molecule has 6 nitrogen and oxygen atoms in total. The molecule has 25 heavy (non-hydrogen) atoms. The molecule has 128 valence electrons. The first kappa shape index (κ1) is 15.6. The van der Waals surface area contributed by atoms with Crippen LogP contribution < -0.4 is 4.74 Å². The quantitative estimate of drug-likeness (QED) is 0.774. The number of carboxylic acids is 1. The number of fused-ring (bicyclic) bond motifs is 1. The molecule has 0 aliphatic heterocycles. The molecule has 0 amide bonds. The smallest absolute Gasteiger partial charge is 0.354 e. The van der Waals surface area contributed by atoms with Gasteiger partial charge in [0.25, 0.3) is 0 Å². The zero-order chi connectivity index (χ0) is 17.6. The Morgan fingerprint density at radius 3 is 2.80 bits per heavy atom. The maximum absolute atomic E-state index is 11.2. The third-order valence-corrected chi connectivity index (χ3v) is 4.90. The molecule has 3 aromatic rings. The summed E-state index contributed by atoms with van der Waals surface area (Å²) < 4.78 is 7.15. The molecule has 0 radical (unpaired) electrons. The zero-order valence-electron chi connectivity index (χ0n) is 14.2. The van der Waals surface area contributed by atoms with Crippen LogP contribution in [0.4, 0.5) is 0 Å². The highest BCUT2D eigenvalue weighted by molar-refractivity contribution is 5.85. The third-order valence-electron chi connectivity index (χ3n) is 4.90. The van der Waals surface area contributed by atoms with Crippen molar-refractivity contribution in [2.75, 3.05) is 7.11 Å². The van der Waals surface area contributed by atoms with Crippen LogP contribution in [0, 0.1) is 0 Å². The first-order valence-corrected chi connectivity index (χ1v) is 8.25. The molecule has 0 spiro atoms. The Morgan fingerprint density at radius 1 is 1.32 bits per heavy atom. The Kier molecular flexibility index (Phi) is 3.49. The van der Waals surface area contributed by atoms with Gasteiger partial charge >= 0.3 is 5.97 Å².